The van der Waals surface area contributed by atoms with Crippen molar-refractivity contribution in [3.8, 4) is 0 Å². The third-order valence-electron chi connectivity index (χ3n) is 2.69. The van der Waals surface area contributed by atoms with E-state index in [9.17, 15) is 4.79 Å². The van der Waals surface area contributed by atoms with Crippen LogP contribution < -0.4 is 5.32 Å². The average Bonchev–Trinajstić information content (AvgIpc) is 2.26. The number of aliphatic hydroxyl groups excluding tert-OH is 1. The summed E-state index contributed by atoms with van der Waals surface area (Å²) in [6.45, 7) is 5.58. The van der Waals surface area contributed by atoms with Gasteiger partial charge in [0.2, 0.25) is 5.91 Å². The highest BCUT2D eigenvalue weighted by atomic mass is 35.5. The molecule has 3 nitrogen and oxygen atoms in total. The van der Waals surface area contributed by atoms with Crippen LogP contribution in [-0.2, 0) is 10.2 Å². The fourth-order valence-electron chi connectivity index (χ4n) is 1.46. The Labute approximate surface area is 107 Å². The van der Waals surface area contributed by atoms with E-state index in [1.54, 1.807) is 19.1 Å². The minimum atomic E-state index is -0.639. The molecule has 0 aliphatic heterocycles. The lowest BCUT2D eigenvalue weighted by Crippen LogP contribution is -2.42. The summed E-state index contributed by atoms with van der Waals surface area (Å²) < 4.78 is 0. The Morgan fingerprint density at radius 1 is 1.41 bits per heavy atom. The number of amides is 1. The van der Waals surface area contributed by atoms with Crippen LogP contribution in [0.1, 0.15) is 26.3 Å². The lowest BCUT2D eigenvalue weighted by atomic mass is 9.84. The van der Waals surface area contributed by atoms with Crippen molar-refractivity contribution >= 4 is 17.5 Å². The maximum atomic E-state index is 12.0. The zero-order valence-corrected chi connectivity index (χ0v) is 11.1. The van der Waals surface area contributed by atoms with Crippen molar-refractivity contribution in [3.05, 3.63) is 34.9 Å². The molecular weight excluding hydrogens is 238 g/mol. The minimum Gasteiger partial charge on any atom is -0.392 e. The first kappa shape index (κ1) is 14.0. The second kappa shape index (κ2) is 5.52. The summed E-state index contributed by atoms with van der Waals surface area (Å²) in [6, 6.07) is 7.20. The number of benzene rings is 1. The van der Waals surface area contributed by atoms with E-state index in [4.69, 9.17) is 16.7 Å². The standard InChI is InChI=1S/C13H18ClNO2/c1-9(16)8-15-12(17)13(2,3)10-4-6-11(14)7-5-10/h4-7,9,16H,8H2,1-3H3,(H,15,17). The third kappa shape index (κ3) is 3.72. The van der Waals surface area contributed by atoms with E-state index in [2.05, 4.69) is 5.32 Å². The Kier molecular flexibility index (Phi) is 4.54. The smallest absolute Gasteiger partial charge is 0.230 e. The third-order valence-corrected chi connectivity index (χ3v) is 2.94. The van der Waals surface area contributed by atoms with Crippen molar-refractivity contribution in [3.63, 3.8) is 0 Å². The van der Waals surface area contributed by atoms with Gasteiger partial charge in [0, 0.05) is 11.6 Å². The van der Waals surface area contributed by atoms with Crippen molar-refractivity contribution < 1.29 is 9.90 Å². The van der Waals surface area contributed by atoms with Crippen molar-refractivity contribution in [1.82, 2.24) is 5.32 Å². The Balaban J connectivity index is 2.79. The number of nitrogens with one attached hydrogen (secondary N) is 1. The zero-order chi connectivity index (χ0) is 13.1. The Bertz CT molecular complexity index is 385. The number of aliphatic hydroxyl groups is 1. The molecule has 0 saturated heterocycles. The highest BCUT2D eigenvalue weighted by molar-refractivity contribution is 6.30. The van der Waals surface area contributed by atoms with Crippen LogP contribution in [0.2, 0.25) is 5.02 Å². The molecule has 0 aliphatic rings. The zero-order valence-electron chi connectivity index (χ0n) is 10.3. The van der Waals surface area contributed by atoms with Crippen LogP contribution in [0.3, 0.4) is 0 Å². The van der Waals surface area contributed by atoms with Crippen molar-refractivity contribution in [2.24, 2.45) is 0 Å². The second-order valence-electron chi connectivity index (χ2n) is 4.69. The molecule has 0 bridgehead atoms. The van der Waals surface area contributed by atoms with Gasteiger partial charge in [-0.25, -0.2) is 0 Å². The maximum absolute atomic E-state index is 12.0. The van der Waals surface area contributed by atoms with E-state index >= 15 is 0 Å². The normalized spacial score (nSPS) is 13.2. The van der Waals surface area contributed by atoms with Crippen molar-refractivity contribution in [1.29, 1.82) is 0 Å². The first-order chi connectivity index (χ1) is 7.84. The largest absolute Gasteiger partial charge is 0.392 e. The molecule has 0 fully saturated rings. The highest BCUT2D eigenvalue weighted by Crippen LogP contribution is 2.24. The van der Waals surface area contributed by atoms with Gasteiger partial charge in [0.1, 0.15) is 0 Å². The van der Waals surface area contributed by atoms with Crippen molar-refractivity contribution in [2.75, 3.05) is 6.54 Å². The van der Waals surface area contributed by atoms with Gasteiger partial charge in [-0.05, 0) is 38.5 Å². The van der Waals surface area contributed by atoms with Gasteiger partial charge in [-0.1, -0.05) is 23.7 Å². The van der Waals surface area contributed by atoms with E-state index in [1.807, 2.05) is 26.0 Å². The Morgan fingerprint density at radius 3 is 2.41 bits per heavy atom. The number of carbonyl (C=O) groups is 1. The molecule has 17 heavy (non-hydrogen) atoms. The van der Waals surface area contributed by atoms with Gasteiger partial charge in [0.05, 0.1) is 11.5 Å². The fourth-order valence-corrected chi connectivity index (χ4v) is 1.59. The molecule has 94 valence electrons. The SMILES string of the molecule is CC(O)CNC(=O)C(C)(C)c1ccc(Cl)cc1. The number of carbonyl (C=O) groups excluding carboxylic acids is 1. The van der Waals surface area contributed by atoms with E-state index < -0.39 is 11.5 Å². The van der Waals surface area contributed by atoms with Crippen LogP contribution in [0.4, 0.5) is 0 Å². The van der Waals surface area contributed by atoms with Crippen LogP contribution in [0, 0.1) is 0 Å². The minimum absolute atomic E-state index is 0.110. The van der Waals surface area contributed by atoms with E-state index in [1.165, 1.54) is 0 Å². The molecule has 1 aromatic rings. The molecule has 1 amide bonds. The van der Waals surface area contributed by atoms with Crippen LogP contribution in [0.25, 0.3) is 0 Å². The summed E-state index contributed by atoms with van der Waals surface area (Å²) in [5, 5.41) is 12.5. The molecule has 1 rings (SSSR count). The van der Waals surface area contributed by atoms with Crippen LogP contribution in [-0.4, -0.2) is 23.7 Å². The molecule has 0 heterocycles. The lowest BCUT2D eigenvalue weighted by molar-refractivity contribution is -0.126. The molecule has 0 aromatic heterocycles. The second-order valence-corrected chi connectivity index (χ2v) is 5.13. The molecule has 1 aromatic carbocycles. The first-order valence-electron chi connectivity index (χ1n) is 5.56. The summed E-state index contributed by atoms with van der Waals surface area (Å²) >= 11 is 5.81. The number of halogens is 1. The fraction of sp³-hybridized carbons (Fsp3) is 0.462. The summed E-state index contributed by atoms with van der Waals surface area (Å²) in [4.78, 5) is 12.0. The summed E-state index contributed by atoms with van der Waals surface area (Å²) in [6.07, 6.45) is -0.542. The number of rotatable bonds is 4. The molecule has 0 saturated carbocycles. The Hall–Kier alpha value is -1.06. The van der Waals surface area contributed by atoms with Gasteiger partial charge in [-0.15, -0.1) is 0 Å². The highest BCUT2D eigenvalue weighted by Gasteiger charge is 2.29. The van der Waals surface area contributed by atoms with Gasteiger partial charge in [-0.3, -0.25) is 4.79 Å². The van der Waals surface area contributed by atoms with E-state index in [0.29, 0.717) is 5.02 Å². The van der Waals surface area contributed by atoms with E-state index in [-0.39, 0.29) is 12.5 Å². The topological polar surface area (TPSA) is 49.3 Å². The quantitative estimate of drug-likeness (QED) is 0.866. The molecule has 2 N–H and O–H groups in total. The molecule has 0 spiro atoms. The average molecular weight is 256 g/mol. The van der Waals surface area contributed by atoms with Crippen LogP contribution in [0.5, 0.6) is 0 Å². The lowest BCUT2D eigenvalue weighted by Gasteiger charge is -2.24. The summed E-state index contributed by atoms with van der Waals surface area (Å²) in [7, 11) is 0. The number of hydrogen-bond donors (Lipinski definition) is 2. The van der Waals surface area contributed by atoms with Crippen LogP contribution >= 0.6 is 11.6 Å². The number of hydrogen-bond acceptors (Lipinski definition) is 2. The molecule has 4 heteroatoms. The molecule has 0 aliphatic carbocycles. The van der Waals surface area contributed by atoms with Gasteiger partial charge < -0.3 is 10.4 Å². The van der Waals surface area contributed by atoms with Gasteiger partial charge in [-0.2, -0.15) is 0 Å². The summed E-state index contributed by atoms with van der Waals surface area (Å²) in [5.74, 6) is -0.110. The first-order valence-corrected chi connectivity index (χ1v) is 5.94. The molecule has 0 radical (unpaired) electrons. The van der Waals surface area contributed by atoms with Gasteiger partial charge in [0.15, 0.2) is 0 Å². The van der Waals surface area contributed by atoms with Crippen LogP contribution in [0.15, 0.2) is 24.3 Å². The predicted molar refractivity (Wildman–Crippen MR) is 69.2 cm³/mol. The van der Waals surface area contributed by atoms with E-state index in [0.717, 1.165) is 5.56 Å². The molecule has 1 atom stereocenters. The Morgan fingerprint density at radius 2 is 1.94 bits per heavy atom. The predicted octanol–water partition coefficient (Wildman–Crippen LogP) is 2.11. The molecule has 1 unspecified atom stereocenters. The van der Waals surface area contributed by atoms with Gasteiger partial charge >= 0.3 is 0 Å². The summed E-state index contributed by atoms with van der Waals surface area (Å²) in [5.41, 5.74) is 0.254. The molecular formula is C13H18ClNO2. The van der Waals surface area contributed by atoms with Gasteiger partial charge in [0.25, 0.3) is 0 Å². The maximum Gasteiger partial charge on any atom is 0.230 e. The monoisotopic (exact) mass is 255 g/mol. The van der Waals surface area contributed by atoms with Crippen molar-refractivity contribution in [2.45, 2.75) is 32.3 Å².